The maximum absolute atomic E-state index is 11.9. The topological polar surface area (TPSA) is 41.1 Å². The van der Waals surface area contributed by atoms with Crippen LogP contribution in [-0.2, 0) is 0 Å². The molecule has 1 saturated heterocycles. The number of carbonyl (C=O) groups excluding carboxylic acids is 1. The minimum absolute atomic E-state index is 0.0440. The van der Waals surface area contributed by atoms with E-state index in [1.807, 2.05) is 18.2 Å². The Morgan fingerprint density at radius 1 is 1.50 bits per heavy atom. The first-order valence-electron chi connectivity index (χ1n) is 6.90. The molecule has 1 amide bonds. The molecule has 1 unspecified atom stereocenters. The molecule has 1 fully saturated rings. The van der Waals surface area contributed by atoms with Gasteiger partial charge in [0.25, 0.3) is 5.91 Å². The Morgan fingerprint density at radius 3 is 3.11 bits per heavy atom. The van der Waals surface area contributed by atoms with Crippen molar-refractivity contribution >= 4 is 5.91 Å². The fraction of sp³-hybridized carbons (Fsp3) is 0.533. The highest BCUT2D eigenvalue weighted by molar-refractivity contribution is 5.94. The zero-order valence-electron chi connectivity index (χ0n) is 11.0. The van der Waals surface area contributed by atoms with Crippen LogP contribution in [0.4, 0.5) is 0 Å². The minimum atomic E-state index is 0.0440. The van der Waals surface area contributed by atoms with Crippen molar-refractivity contribution in [3.05, 3.63) is 35.4 Å². The van der Waals surface area contributed by atoms with E-state index in [1.165, 1.54) is 18.4 Å². The highest BCUT2D eigenvalue weighted by Crippen LogP contribution is 2.23. The lowest BCUT2D eigenvalue weighted by Crippen LogP contribution is -2.29. The molecule has 3 heteroatoms. The number of benzene rings is 1. The van der Waals surface area contributed by atoms with Crippen LogP contribution in [0.25, 0.3) is 0 Å². The second-order valence-electron chi connectivity index (χ2n) is 4.92. The summed E-state index contributed by atoms with van der Waals surface area (Å²) in [7, 11) is 0. The summed E-state index contributed by atoms with van der Waals surface area (Å²) >= 11 is 0. The predicted molar refractivity (Wildman–Crippen MR) is 73.9 cm³/mol. The van der Waals surface area contributed by atoms with Crippen LogP contribution in [0.15, 0.2) is 24.3 Å². The number of carbonyl (C=O) groups is 1. The van der Waals surface area contributed by atoms with Gasteiger partial charge in [-0.05, 0) is 49.4 Å². The van der Waals surface area contributed by atoms with E-state index in [2.05, 4.69) is 23.6 Å². The van der Waals surface area contributed by atoms with Crippen LogP contribution >= 0.6 is 0 Å². The molecule has 0 radical (unpaired) electrons. The number of nitrogens with one attached hydrogen (secondary N) is 2. The summed E-state index contributed by atoms with van der Waals surface area (Å²) in [6.07, 6.45) is 3.40. The third kappa shape index (κ3) is 3.33. The van der Waals surface area contributed by atoms with Gasteiger partial charge in [-0.2, -0.15) is 0 Å². The van der Waals surface area contributed by atoms with Gasteiger partial charge < -0.3 is 10.6 Å². The Bertz CT molecular complexity index is 397. The normalized spacial score (nSPS) is 19.5. The third-order valence-corrected chi connectivity index (χ3v) is 3.45. The van der Waals surface area contributed by atoms with Crippen molar-refractivity contribution in [2.24, 2.45) is 0 Å². The van der Waals surface area contributed by atoms with Crippen LogP contribution in [0.1, 0.15) is 48.0 Å². The van der Waals surface area contributed by atoms with Crippen LogP contribution in [0.2, 0.25) is 0 Å². The largest absolute Gasteiger partial charge is 0.352 e. The lowest BCUT2D eigenvalue weighted by Gasteiger charge is -2.23. The Morgan fingerprint density at radius 2 is 2.39 bits per heavy atom. The van der Waals surface area contributed by atoms with E-state index in [4.69, 9.17) is 0 Å². The maximum Gasteiger partial charge on any atom is 0.251 e. The SMILES string of the molecule is CCCNC(=O)c1cccc(C2CCCNC2)c1. The molecule has 0 bridgehead atoms. The van der Waals surface area contributed by atoms with E-state index in [0.717, 1.165) is 31.6 Å². The molecule has 3 nitrogen and oxygen atoms in total. The molecule has 1 aromatic carbocycles. The molecule has 18 heavy (non-hydrogen) atoms. The number of hydrogen-bond donors (Lipinski definition) is 2. The predicted octanol–water partition coefficient (Wildman–Crippen LogP) is 2.29. The molecule has 2 rings (SSSR count). The van der Waals surface area contributed by atoms with Gasteiger partial charge in [-0.3, -0.25) is 4.79 Å². The maximum atomic E-state index is 11.9. The molecule has 1 heterocycles. The second kappa shape index (κ2) is 6.55. The van der Waals surface area contributed by atoms with E-state index in [9.17, 15) is 4.79 Å². The summed E-state index contributed by atoms with van der Waals surface area (Å²) in [4.78, 5) is 11.9. The smallest absolute Gasteiger partial charge is 0.251 e. The molecule has 1 aliphatic rings. The van der Waals surface area contributed by atoms with E-state index in [0.29, 0.717) is 5.92 Å². The first-order chi connectivity index (χ1) is 8.81. The molecule has 0 aliphatic carbocycles. The molecule has 1 aromatic rings. The molecule has 98 valence electrons. The fourth-order valence-corrected chi connectivity index (χ4v) is 2.41. The summed E-state index contributed by atoms with van der Waals surface area (Å²) in [6.45, 7) is 4.95. The van der Waals surface area contributed by atoms with Gasteiger partial charge in [0, 0.05) is 18.7 Å². The van der Waals surface area contributed by atoms with Gasteiger partial charge in [-0.25, -0.2) is 0 Å². The number of rotatable bonds is 4. The van der Waals surface area contributed by atoms with E-state index < -0.39 is 0 Å². The Kier molecular flexibility index (Phi) is 4.76. The zero-order valence-corrected chi connectivity index (χ0v) is 11.0. The zero-order chi connectivity index (χ0) is 12.8. The van der Waals surface area contributed by atoms with Crippen molar-refractivity contribution in [2.75, 3.05) is 19.6 Å². The van der Waals surface area contributed by atoms with Gasteiger partial charge in [-0.15, -0.1) is 0 Å². The molecular formula is C15H22N2O. The lowest BCUT2D eigenvalue weighted by atomic mass is 9.90. The van der Waals surface area contributed by atoms with Crippen LogP contribution in [0.5, 0.6) is 0 Å². The first-order valence-corrected chi connectivity index (χ1v) is 6.90. The monoisotopic (exact) mass is 246 g/mol. The summed E-state index contributed by atoms with van der Waals surface area (Å²) in [5, 5.41) is 6.34. The van der Waals surface area contributed by atoms with E-state index >= 15 is 0 Å². The Balaban J connectivity index is 2.06. The highest BCUT2D eigenvalue weighted by Gasteiger charge is 2.16. The van der Waals surface area contributed by atoms with Crippen molar-refractivity contribution < 1.29 is 4.79 Å². The van der Waals surface area contributed by atoms with Crippen LogP contribution in [-0.4, -0.2) is 25.5 Å². The van der Waals surface area contributed by atoms with E-state index in [1.54, 1.807) is 0 Å². The molecule has 1 aliphatic heterocycles. The summed E-state index contributed by atoms with van der Waals surface area (Å²) in [5.41, 5.74) is 2.07. The lowest BCUT2D eigenvalue weighted by molar-refractivity contribution is 0.0953. The van der Waals surface area contributed by atoms with Crippen LogP contribution in [0.3, 0.4) is 0 Å². The molecule has 0 aromatic heterocycles. The molecule has 2 N–H and O–H groups in total. The summed E-state index contributed by atoms with van der Waals surface area (Å²) < 4.78 is 0. The van der Waals surface area contributed by atoms with Crippen LogP contribution < -0.4 is 10.6 Å². The van der Waals surface area contributed by atoms with E-state index in [-0.39, 0.29) is 5.91 Å². The molecule has 0 saturated carbocycles. The highest BCUT2D eigenvalue weighted by atomic mass is 16.1. The molecule has 0 spiro atoms. The van der Waals surface area contributed by atoms with Crippen LogP contribution in [0, 0.1) is 0 Å². The van der Waals surface area contributed by atoms with Gasteiger partial charge in [0.15, 0.2) is 0 Å². The average Bonchev–Trinajstić information content (AvgIpc) is 2.46. The van der Waals surface area contributed by atoms with Crippen molar-refractivity contribution in [1.82, 2.24) is 10.6 Å². The van der Waals surface area contributed by atoms with Crippen molar-refractivity contribution in [2.45, 2.75) is 32.1 Å². The quantitative estimate of drug-likeness (QED) is 0.856. The molecular weight excluding hydrogens is 224 g/mol. The fourth-order valence-electron chi connectivity index (χ4n) is 2.41. The van der Waals surface area contributed by atoms with Gasteiger partial charge in [0.2, 0.25) is 0 Å². The van der Waals surface area contributed by atoms with Gasteiger partial charge in [-0.1, -0.05) is 19.1 Å². The van der Waals surface area contributed by atoms with Gasteiger partial charge >= 0.3 is 0 Å². The molecule has 1 atom stereocenters. The van der Waals surface area contributed by atoms with Gasteiger partial charge in [0.05, 0.1) is 0 Å². The standard InChI is InChI=1S/C15H22N2O/c1-2-8-17-15(18)13-6-3-5-12(10-13)14-7-4-9-16-11-14/h3,5-6,10,14,16H,2,4,7-9,11H2,1H3,(H,17,18). The van der Waals surface area contributed by atoms with Crippen molar-refractivity contribution in [1.29, 1.82) is 0 Å². The number of piperidine rings is 1. The summed E-state index contributed by atoms with van der Waals surface area (Å²) in [6, 6.07) is 8.06. The third-order valence-electron chi connectivity index (χ3n) is 3.45. The Labute approximate surface area is 109 Å². The number of amides is 1. The number of hydrogen-bond acceptors (Lipinski definition) is 2. The Hall–Kier alpha value is -1.35. The van der Waals surface area contributed by atoms with Gasteiger partial charge in [0.1, 0.15) is 0 Å². The first kappa shape index (κ1) is 13.1. The second-order valence-corrected chi connectivity index (χ2v) is 4.92. The minimum Gasteiger partial charge on any atom is -0.352 e. The summed E-state index contributed by atoms with van der Waals surface area (Å²) in [5.74, 6) is 0.597. The average molecular weight is 246 g/mol. The van der Waals surface area contributed by atoms with Crippen molar-refractivity contribution in [3.63, 3.8) is 0 Å². The van der Waals surface area contributed by atoms with Crippen molar-refractivity contribution in [3.8, 4) is 0 Å².